The number of ether oxygens (including phenoxy) is 1. The second-order valence-electron chi connectivity index (χ2n) is 8.18. The van der Waals surface area contributed by atoms with Gasteiger partial charge in [-0.15, -0.1) is 10.2 Å². The molecule has 11 heteroatoms. The number of thioether (sulfide) groups is 1. The van der Waals surface area contributed by atoms with Crippen LogP contribution in [-0.4, -0.2) is 38.6 Å². The van der Waals surface area contributed by atoms with Gasteiger partial charge in [-0.2, -0.15) is 0 Å². The Kier molecular flexibility index (Phi) is 7.73. The third-order valence-corrected chi connectivity index (χ3v) is 8.14. The summed E-state index contributed by atoms with van der Waals surface area (Å²) in [6, 6.07) is 16.7. The van der Waals surface area contributed by atoms with Crippen molar-refractivity contribution in [3.8, 4) is 5.75 Å². The molecule has 8 nitrogen and oxygen atoms in total. The number of carbonyl (C=O) groups is 2. The maximum absolute atomic E-state index is 13.3. The molecule has 0 radical (unpaired) electrons. The van der Waals surface area contributed by atoms with E-state index < -0.39 is 17.7 Å². The molecule has 0 bridgehead atoms. The zero-order valence-electron chi connectivity index (χ0n) is 20.1. The van der Waals surface area contributed by atoms with Crippen LogP contribution in [0.2, 0.25) is 5.02 Å². The summed E-state index contributed by atoms with van der Waals surface area (Å²) in [5.74, 6) is -0.628. The molecule has 1 saturated heterocycles. The number of ketones is 1. The lowest BCUT2D eigenvalue weighted by Gasteiger charge is -2.22. The number of carbonyl (C=O) groups excluding carboxylic acids is 2. The molecule has 0 saturated carbocycles. The molecule has 38 heavy (non-hydrogen) atoms. The number of amides is 1. The van der Waals surface area contributed by atoms with Crippen molar-refractivity contribution in [3.63, 3.8) is 0 Å². The predicted octanol–water partition coefficient (Wildman–Crippen LogP) is 5.90. The molecule has 2 aromatic heterocycles. The van der Waals surface area contributed by atoms with Crippen molar-refractivity contribution < 1.29 is 19.4 Å². The standard InChI is InChI=1S/C27H21ClN4O4S2/c1-2-36-20-11-7-17(8-12-20)23(33)21-22(18-4-3-13-29-14-18)32(25(35)24(21)34)26-30-31-27(38-26)37-15-16-5-9-19(28)10-6-16/h3-14,22,33H,2,15H2,1H3/b23-21-. The monoisotopic (exact) mass is 564 g/mol. The molecule has 0 spiro atoms. The van der Waals surface area contributed by atoms with Gasteiger partial charge in [0.15, 0.2) is 4.34 Å². The van der Waals surface area contributed by atoms with Crippen LogP contribution in [0, 0.1) is 0 Å². The van der Waals surface area contributed by atoms with E-state index in [2.05, 4.69) is 15.2 Å². The van der Waals surface area contributed by atoms with Crippen LogP contribution in [0.15, 0.2) is 83.0 Å². The molecular formula is C27H21ClN4O4S2. The van der Waals surface area contributed by atoms with Gasteiger partial charge in [0.2, 0.25) is 5.13 Å². The van der Waals surface area contributed by atoms with Gasteiger partial charge in [0.1, 0.15) is 11.5 Å². The van der Waals surface area contributed by atoms with Crippen LogP contribution in [0.25, 0.3) is 5.76 Å². The van der Waals surface area contributed by atoms with Crippen molar-refractivity contribution in [2.24, 2.45) is 0 Å². The van der Waals surface area contributed by atoms with E-state index in [-0.39, 0.29) is 16.5 Å². The average Bonchev–Trinajstić information content (AvgIpc) is 3.51. The smallest absolute Gasteiger partial charge is 0.301 e. The van der Waals surface area contributed by atoms with E-state index in [1.165, 1.54) is 28.0 Å². The Bertz CT molecular complexity index is 1490. The van der Waals surface area contributed by atoms with Gasteiger partial charge in [-0.05, 0) is 60.5 Å². The van der Waals surface area contributed by atoms with Crippen LogP contribution in [0.3, 0.4) is 0 Å². The Morgan fingerprint density at radius 2 is 1.87 bits per heavy atom. The van der Waals surface area contributed by atoms with Crippen LogP contribution in [0.5, 0.6) is 5.75 Å². The molecule has 192 valence electrons. The Morgan fingerprint density at radius 1 is 1.11 bits per heavy atom. The van der Waals surface area contributed by atoms with E-state index in [1.54, 1.807) is 48.8 Å². The van der Waals surface area contributed by atoms with E-state index >= 15 is 0 Å². The quantitative estimate of drug-likeness (QED) is 0.0926. The molecule has 1 aliphatic rings. The fraction of sp³-hybridized carbons (Fsp3) is 0.148. The minimum absolute atomic E-state index is 0.0438. The first kappa shape index (κ1) is 25.9. The number of benzene rings is 2. The minimum Gasteiger partial charge on any atom is -0.507 e. The zero-order chi connectivity index (χ0) is 26.6. The molecule has 1 amide bonds. The second kappa shape index (κ2) is 11.3. The molecule has 3 heterocycles. The molecule has 2 aromatic carbocycles. The third-order valence-electron chi connectivity index (χ3n) is 5.76. The van der Waals surface area contributed by atoms with Gasteiger partial charge < -0.3 is 9.84 Å². The molecule has 1 atom stereocenters. The minimum atomic E-state index is -0.919. The SMILES string of the molecule is CCOc1ccc(/C(O)=C2/C(=O)C(=O)N(c3nnc(SCc4ccc(Cl)cc4)s3)C2c2cccnc2)cc1. The topological polar surface area (TPSA) is 106 Å². The number of pyridine rings is 1. The van der Waals surface area contributed by atoms with E-state index in [0.717, 1.165) is 5.56 Å². The first-order chi connectivity index (χ1) is 18.5. The van der Waals surface area contributed by atoms with E-state index in [1.807, 2.05) is 31.2 Å². The lowest BCUT2D eigenvalue weighted by atomic mass is 9.96. The number of Topliss-reactive ketones (excluding diaryl/α,β-unsaturated/α-hetero) is 1. The summed E-state index contributed by atoms with van der Waals surface area (Å²) in [6.07, 6.45) is 3.16. The molecule has 4 aromatic rings. The highest BCUT2D eigenvalue weighted by Gasteiger charge is 2.48. The predicted molar refractivity (Wildman–Crippen MR) is 148 cm³/mol. The van der Waals surface area contributed by atoms with Crippen molar-refractivity contribution in [1.29, 1.82) is 0 Å². The number of rotatable bonds is 8. The van der Waals surface area contributed by atoms with E-state index in [0.29, 0.717) is 38.6 Å². The average molecular weight is 565 g/mol. The normalized spacial score (nSPS) is 16.7. The summed E-state index contributed by atoms with van der Waals surface area (Å²) in [6.45, 7) is 2.37. The van der Waals surface area contributed by atoms with E-state index in [4.69, 9.17) is 16.3 Å². The number of anilines is 1. The Morgan fingerprint density at radius 3 is 2.55 bits per heavy atom. The summed E-state index contributed by atoms with van der Waals surface area (Å²) < 4.78 is 6.10. The first-order valence-corrected chi connectivity index (χ1v) is 13.8. The molecule has 1 N–H and O–H groups in total. The fourth-order valence-corrected chi connectivity index (χ4v) is 5.95. The van der Waals surface area contributed by atoms with Crippen molar-refractivity contribution in [1.82, 2.24) is 15.2 Å². The Balaban J connectivity index is 1.50. The van der Waals surface area contributed by atoms with Crippen molar-refractivity contribution >= 4 is 57.3 Å². The van der Waals surface area contributed by atoms with Gasteiger partial charge in [0, 0.05) is 28.7 Å². The molecule has 1 aliphatic heterocycles. The lowest BCUT2D eigenvalue weighted by molar-refractivity contribution is -0.132. The second-order valence-corrected chi connectivity index (χ2v) is 10.8. The zero-order valence-corrected chi connectivity index (χ0v) is 22.5. The summed E-state index contributed by atoms with van der Waals surface area (Å²) >= 11 is 8.62. The Hall–Kier alpha value is -3.73. The fourth-order valence-electron chi connectivity index (χ4n) is 4.00. The molecule has 1 unspecified atom stereocenters. The van der Waals surface area contributed by atoms with Gasteiger partial charge >= 0.3 is 5.91 Å². The molecule has 5 rings (SSSR count). The van der Waals surface area contributed by atoms with Gasteiger partial charge in [0.05, 0.1) is 18.2 Å². The molecule has 1 fully saturated rings. The molecular weight excluding hydrogens is 544 g/mol. The number of hydrogen-bond donors (Lipinski definition) is 1. The first-order valence-electron chi connectivity index (χ1n) is 11.6. The van der Waals surface area contributed by atoms with Gasteiger partial charge in [-0.25, -0.2) is 0 Å². The summed E-state index contributed by atoms with van der Waals surface area (Å²) in [5, 5.41) is 20.6. The number of aliphatic hydroxyl groups is 1. The van der Waals surface area contributed by atoms with Crippen LogP contribution >= 0.6 is 34.7 Å². The van der Waals surface area contributed by atoms with Crippen LogP contribution in [0.4, 0.5) is 5.13 Å². The number of aliphatic hydroxyl groups excluding tert-OH is 1. The summed E-state index contributed by atoms with van der Waals surface area (Å²) in [5.41, 5.74) is 1.96. The third kappa shape index (κ3) is 5.28. The van der Waals surface area contributed by atoms with Crippen molar-refractivity contribution in [2.45, 2.75) is 23.1 Å². The number of nitrogens with zero attached hydrogens (tertiary/aromatic N) is 4. The van der Waals surface area contributed by atoms with Crippen LogP contribution < -0.4 is 9.64 Å². The van der Waals surface area contributed by atoms with Crippen molar-refractivity contribution in [2.75, 3.05) is 11.5 Å². The Labute approximate surface area is 232 Å². The highest BCUT2D eigenvalue weighted by atomic mass is 35.5. The molecule has 0 aliphatic carbocycles. The van der Waals surface area contributed by atoms with Gasteiger partial charge in [-0.3, -0.25) is 19.5 Å². The summed E-state index contributed by atoms with van der Waals surface area (Å²) in [4.78, 5) is 32.0. The highest BCUT2D eigenvalue weighted by molar-refractivity contribution is 8.00. The van der Waals surface area contributed by atoms with Gasteiger partial charge in [0.25, 0.3) is 5.78 Å². The van der Waals surface area contributed by atoms with Crippen LogP contribution in [0.1, 0.15) is 29.7 Å². The van der Waals surface area contributed by atoms with Crippen LogP contribution in [-0.2, 0) is 15.3 Å². The van der Waals surface area contributed by atoms with E-state index in [9.17, 15) is 14.7 Å². The largest absolute Gasteiger partial charge is 0.507 e. The van der Waals surface area contributed by atoms with Gasteiger partial charge in [-0.1, -0.05) is 52.9 Å². The maximum Gasteiger partial charge on any atom is 0.301 e. The lowest BCUT2D eigenvalue weighted by Crippen LogP contribution is -2.29. The number of hydrogen-bond acceptors (Lipinski definition) is 9. The summed E-state index contributed by atoms with van der Waals surface area (Å²) in [7, 11) is 0. The number of halogens is 1. The number of aromatic nitrogens is 3. The van der Waals surface area contributed by atoms with Crippen molar-refractivity contribution in [3.05, 3.63) is 100 Å². The highest BCUT2D eigenvalue weighted by Crippen LogP contribution is 2.44. The maximum atomic E-state index is 13.3.